The standard InChI is InChI=1S/C22H25ClFN5O2S/c1-2-3-11-29(32(30,31)17-7-5-4-6-8-17)21-13-20(24)19(23)12-18(21)22-27-26-15-28(22)16-9-10-25-14-16/h4-8,12-13,15-16,25H,2-3,9-11,14H2,1H3. The van der Waals surface area contributed by atoms with Gasteiger partial charge in [0.25, 0.3) is 10.0 Å². The number of hydrogen-bond donors (Lipinski definition) is 1. The molecule has 0 saturated carbocycles. The van der Waals surface area contributed by atoms with E-state index in [9.17, 15) is 12.8 Å². The molecule has 0 amide bonds. The lowest BCUT2D eigenvalue weighted by Gasteiger charge is -2.27. The number of nitrogens with one attached hydrogen (secondary N) is 1. The molecule has 1 aliphatic heterocycles. The van der Waals surface area contributed by atoms with Crippen molar-refractivity contribution in [1.82, 2.24) is 20.1 Å². The molecule has 10 heteroatoms. The van der Waals surface area contributed by atoms with E-state index in [4.69, 9.17) is 11.6 Å². The van der Waals surface area contributed by atoms with Gasteiger partial charge in [0.2, 0.25) is 0 Å². The second-order valence-electron chi connectivity index (χ2n) is 7.74. The minimum absolute atomic E-state index is 0.101. The van der Waals surface area contributed by atoms with Crippen LogP contribution >= 0.6 is 11.6 Å². The van der Waals surface area contributed by atoms with Crippen LogP contribution in [0.3, 0.4) is 0 Å². The molecule has 1 N–H and O–H groups in total. The number of anilines is 1. The van der Waals surface area contributed by atoms with Crippen LogP contribution in [0.25, 0.3) is 11.4 Å². The van der Waals surface area contributed by atoms with Gasteiger partial charge in [0.1, 0.15) is 12.1 Å². The zero-order chi connectivity index (χ0) is 22.7. The minimum Gasteiger partial charge on any atom is -0.315 e. The van der Waals surface area contributed by atoms with Crippen LogP contribution in [0.1, 0.15) is 32.2 Å². The molecule has 2 aromatic carbocycles. The van der Waals surface area contributed by atoms with Crippen molar-refractivity contribution in [1.29, 1.82) is 0 Å². The van der Waals surface area contributed by atoms with Crippen molar-refractivity contribution >= 4 is 27.3 Å². The first-order chi connectivity index (χ1) is 15.4. The Morgan fingerprint density at radius 1 is 1.28 bits per heavy atom. The molecule has 4 rings (SSSR count). The van der Waals surface area contributed by atoms with E-state index in [1.165, 1.54) is 28.6 Å². The summed E-state index contributed by atoms with van der Waals surface area (Å²) in [5.41, 5.74) is 0.626. The Kier molecular flexibility index (Phi) is 6.78. The molecule has 1 fully saturated rings. The average Bonchev–Trinajstić information content (AvgIpc) is 3.48. The second kappa shape index (κ2) is 9.56. The Hall–Kier alpha value is -2.49. The zero-order valence-electron chi connectivity index (χ0n) is 17.7. The van der Waals surface area contributed by atoms with Crippen molar-refractivity contribution in [3.05, 3.63) is 59.6 Å². The smallest absolute Gasteiger partial charge is 0.264 e. The third-order valence-electron chi connectivity index (χ3n) is 5.59. The first-order valence-corrected chi connectivity index (χ1v) is 12.4. The number of benzene rings is 2. The molecule has 2 heterocycles. The molecule has 32 heavy (non-hydrogen) atoms. The fourth-order valence-electron chi connectivity index (χ4n) is 3.89. The molecule has 0 spiro atoms. The molecule has 1 unspecified atom stereocenters. The zero-order valence-corrected chi connectivity index (χ0v) is 19.3. The van der Waals surface area contributed by atoms with E-state index in [1.807, 2.05) is 11.5 Å². The first kappa shape index (κ1) is 22.7. The van der Waals surface area contributed by atoms with Gasteiger partial charge in [-0.15, -0.1) is 10.2 Å². The molecule has 7 nitrogen and oxygen atoms in total. The number of halogens is 2. The number of rotatable bonds is 8. The molecule has 1 saturated heterocycles. The normalized spacial score (nSPS) is 16.4. The summed E-state index contributed by atoms with van der Waals surface area (Å²) < 4.78 is 45.1. The summed E-state index contributed by atoms with van der Waals surface area (Å²) in [4.78, 5) is 0.138. The fourth-order valence-corrected chi connectivity index (χ4v) is 5.59. The van der Waals surface area contributed by atoms with Gasteiger partial charge in [-0.1, -0.05) is 43.1 Å². The monoisotopic (exact) mass is 477 g/mol. The Morgan fingerprint density at radius 2 is 2.06 bits per heavy atom. The molecular weight excluding hydrogens is 453 g/mol. The van der Waals surface area contributed by atoms with Crippen LogP contribution in [-0.4, -0.2) is 42.8 Å². The quantitative estimate of drug-likeness (QED) is 0.524. The molecule has 0 radical (unpaired) electrons. The summed E-state index contributed by atoms with van der Waals surface area (Å²) in [7, 11) is -3.95. The summed E-state index contributed by atoms with van der Waals surface area (Å²) >= 11 is 6.14. The Labute approximate surface area is 192 Å². The fraction of sp³-hybridized carbons (Fsp3) is 0.364. The molecular formula is C22H25ClFN5O2S. The van der Waals surface area contributed by atoms with Crippen LogP contribution in [0.5, 0.6) is 0 Å². The molecule has 1 aromatic heterocycles. The summed E-state index contributed by atoms with van der Waals surface area (Å²) in [5, 5.41) is 11.5. The van der Waals surface area contributed by atoms with Crippen LogP contribution < -0.4 is 9.62 Å². The van der Waals surface area contributed by atoms with E-state index in [1.54, 1.807) is 24.5 Å². The Bertz CT molecular complexity index is 1180. The highest BCUT2D eigenvalue weighted by Gasteiger charge is 2.30. The van der Waals surface area contributed by atoms with Crippen molar-refractivity contribution in [2.75, 3.05) is 23.9 Å². The van der Waals surface area contributed by atoms with Crippen molar-refractivity contribution in [2.24, 2.45) is 0 Å². The van der Waals surface area contributed by atoms with Crippen LogP contribution in [0.15, 0.2) is 53.7 Å². The highest BCUT2D eigenvalue weighted by atomic mass is 35.5. The lowest BCUT2D eigenvalue weighted by molar-refractivity contribution is 0.550. The van der Waals surface area contributed by atoms with Crippen molar-refractivity contribution in [3.8, 4) is 11.4 Å². The topological polar surface area (TPSA) is 80.1 Å². The van der Waals surface area contributed by atoms with Crippen LogP contribution in [0, 0.1) is 5.82 Å². The van der Waals surface area contributed by atoms with Crippen LogP contribution in [-0.2, 0) is 10.0 Å². The maximum Gasteiger partial charge on any atom is 0.264 e. The molecule has 1 atom stereocenters. The molecule has 1 aliphatic rings. The van der Waals surface area contributed by atoms with Gasteiger partial charge < -0.3 is 9.88 Å². The van der Waals surface area contributed by atoms with E-state index in [-0.39, 0.29) is 28.2 Å². The molecule has 0 aliphatic carbocycles. The third kappa shape index (κ3) is 4.37. The minimum atomic E-state index is -3.95. The number of sulfonamides is 1. The van der Waals surface area contributed by atoms with Gasteiger partial charge in [-0.2, -0.15) is 0 Å². The SMILES string of the molecule is CCCCN(c1cc(F)c(Cl)cc1-c1nncn1C1CCNC1)S(=O)(=O)c1ccccc1. The van der Waals surface area contributed by atoms with E-state index in [0.717, 1.165) is 25.9 Å². The Morgan fingerprint density at radius 3 is 2.75 bits per heavy atom. The van der Waals surface area contributed by atoms with Crippen molar-refractivity contribution in [3.63, 3.8) is 0 Å². The number of unbranched alkanes of at least 4 members (excludes halogenated alkanes) is 1. The third-order valence-corrected chi connectivity index (χ3v) is 7.71. The number of hydrogen-bond acceptors (Lipinski definition) is 5. The van der Waals surface area contributed by atoms with Crippen LogP contribution in [0.2, 0.25) is 5.02 Å². The molecule has 170 valence electrons. The average molecular weight is 478 g/mol. The first-order valence-electron chi connectivity index (χ1n) is 10.6. The summed E-state index contributed by atoms with van der Waals surface area (Å²) in [5.74, 6) is -0.232. The van der Waals surface area contributed by atoms with E-state index >= 15 is 0 Å². The van der Waals surface area contributed by atoms with Gasteiger partial charge in [0.15, 0.2) is 5.82 Å². The van der Waals surface area contributed by atoms with Gasteiger partial charge in [-0.05, 0) is 37.6 Å². The molecule has 3 aromatic rings. The summed E-state index contributed by atoms with van der Waals surface area (Å²) in [6.07, 6.45) is 3.89. The summed E-state index contributed by atoms with van der Waals surface area (Å²) in [6.45, 7) is 3.78. The maximum absolute atomic E-state index is 14.7. The highest BCUT2D eigenvalue weighted by molar-refractivity contribution is 7.92. The lowest BCUT2D eigenvalue weighted by Crippen LogP contribution is -2.32. The predicted molar refractivity (Wildman–Crippen MR) is 123 cm³/mol. The highest BCUT2D eigenvalue weighted by Crippen LogP contribution is 2.38. The van der Waals surface area contributed by atoms with E-state index in [2.05, 4.69) is 15.5 Å². The van der Waals surface area contributed by atoms with Crippen molar-refractivity contribution in [2.45, 2.75) is 37.1 Å². The molecule has 0 bridgehead atoms. The van der Waals surface area contributed by atoms with Gasteiger partial charge >= 0.3 is 0 Å². The van der Waals surface area contributed by atoms with E-state index in [0.29, 0.717) is 17.8 Å². The predicted octanol–water partition coefficient (Wildman–Crippen LogP) is 4.27. The summed E-state index contributed by atoms with van der Waals surface area (Å²) in [6, 6.07) is 10.9. The van der Waals surface area contributed by atoms with Gasteiger partial charge in [0, 0.05) is 24.7 Å². The maximum atomic E-state index is 14.7. The number of aromatic nitrogens is 3. The van der Waals surface area contributed by atoms with Gasteiger partial charge in [0.05, 0.1) is 21.6 Å². The van der Waals surface area contributed by atoms with E-state index < -0.39 is 15.8 Å². The lowest BCUT2D eigenvalue weighted by atomic mass is 10.1. The van der Waals surface area contributed by atoms with Gasteiger partial charge in [-0.25, -0.2) is 12.8 Å². The number of nitrogens with zero attached hydrogens (tertiary/aromatic N) is 4. The van der Waals surface area contributed by atoms with Crippen molar-refractivity contribution < 1.29 is 12.8 Å². The Balaban J connectivity index is 1.89. The second-order valence-corrected chi connectivity index (χ2v) is 10.0. The van der Waals surface area contributed by atoms with Gasteiger partial charge in [-0.3, -0.25) is 4.31 Å². The van der Waals surface area contributed by atoms with Crippen LogP contribution in [0.4, 0.5) is 10.1 Å². The largest absolute Gasteiger partial charge is 0.315 e.